The Bertz CT molecular complexity index is 270. The topological polar surface area (TPSA) is 46.2 Å². The van der Waals surface area contributed by atoms with Crippen molar-refractivity contribution in [3.8, 4) is 0 Å². The average Bonchev–Trinajstić information content (AvgIpc) is 2.35. The molecule has 1 saturated carbocycles. The SMILES string of the molecule is O=S(=O)(NC1CCCC1Cl)C(F)F. The van der Waals surface area contributed by atoms with Crippen molar-refractivity contribution in [2.24, 2.45) is 0 Å². The first-order valence-electron chi connectivity index (χ1n) is 3.87. The Morgan fingerprint density at radius 2 is 2.00 bits per heavy atom. The highest BCUT2D eigenvalue weighted by Gasteiger charge is 2.33. The van der Waals surface area contributed by atoms with Crippen LogP contribution in [0.15, 0.2) is 0 Å². The number of hydrogen-bond acceptors (Lipinski definition) is 2. The molecule has 1 aliphatic carbocycles. The minimum Gasteiger partial charge on any atom is -0.206 e. The van der Waals surface area contributed by atoms with Crippen LogP contribution in [0, 0.1) is 0 Å². The first-order valence-corrected chi connectivity index (χ1v) is 5.85. The fraction of sp³-hybridized carbons (Fsp3) is 1.00. The molecule has 0 aliphatic heterocycles. The Labute approximate surface area is 80.5 Å². The zero-order valence-corrected chi connectivity index (χ0v) is 8.28. The van der Waals surface area contributed by atoms with Gasteiger partial charge in [0.15, 0.2) is 0 Å². The number of rotatable bonds is 3. The second kappa shape index (κ2) is 4.06. The van der Waals surface area contributed by atoms with Gasteiger partial charge in [-0.2, -0.15) is 8.78 Å². The van der Waals surface area contributed by atoms with Gasteiger partial charge in [0.25, 0.3) is 10.0 Å². The molecule has 0 bridgehead atoms. The summed E-state index contributed by atoms with van der Waals surface area (Å²) >= 11 is 5.72. The second-order valence-electron chi connectivity index (χ2n) is 2.98. The summed E-state index contributed by atoms with van der Waals surface area (Å²) in [6, 6.07) is -0.541. The Morgan fingerprint density at radius 1 is 1.38 bits per heavy atom. The van der Waals surface area contributed by atoms with E-state index in [2.05, 4.69) is 0 Å². The van der Waals surface area contributed by atoms with E-state index in [1.54, 1.807) is 0 Å². The largest absolute Gasteiger partial charge is 0.350 e. The van der Waals surface area contributed by atoms with E-state index in [1.165, 1.54) is 0 Å². The van der Waals surface area contributed by atoms with Gasteiger partial charge in [0.2, 0.25) is 0 Å². The second-order valence-corrected chi connectivity index (χ2v) is 5.22. The van der Waals surface area contributed by atoms with Crippen molar-refractivity contribution in [1.82, 2.24) is 4.72 Å². The zero-order valence-electron chi connectivity index (χ0n) is 6.71. The molecule has 0 aromatic carbocycles. The fourth-order valence-electron chi connectivity index (χ4n) is 1.31. The van der Waals surface area contributed by atoms with Gasteiger partial charge in [-0.25, -0.2) is 13.1 Å². The van der Waals surface area contributed by atoms with Gasteiger partial charge in [0.05, 0.1) is 0 Å². The molecule has 0 saturated heterocycles. The number of sulfonamides is 1. The zero-order chi connectivity index (χ0) is 10.1. The van der Waals surface area contributed by atoms with Crippen molar-refractivity contribution in [2.45, 2.75) is 36.4 Å². The van der Waals surface area contributed by atoms with Crippen molar-refractivity contribution in [3.05, 3.63) is 0 Å². The third-order valence-electron chi connectivity index (χ3n) is 1.98. The summed E-state index contributed by atoms with van der Waals surface area (Å²) in [5.41, 5.74) is 0. The maximum absolute atomic E-state index is 11.9. The van der Waals surface area contributed by atoms with E-state index >= 15 is 0 Å². The third kappa shape index (κ3) is 2.75. The van der Waals surface area contributed by atoms with Crippen molar-refractivity contribution >= 4 is 21.6 Å². The monoisotopic (exact) mass is 233 g/mol. The predicted octanol–water partition coefficient (Wildman–Crippen LogP) is 1.29. The Kier molecular flexibility index (Phi) is 3.48. The van der Waals surface area contributed by atoms with Gasteiger partial charge in [-0.05, 0) is 12.8 Å². The minimum atomic E-state index is -4.48. The highest BCUT2D eigenvalue weighted by Crippen LogP contribution is 2.25. The van der Waals surface area contributed by atoms with E-state index < -0.39 is 21.8 Å². The quantitative estimate of drug-likeness (QED) is 0.747. The van der Waals surface area contributed by atoms with Crippen LogP contribution >= 0.6 is 11.6 Å². The Balaban J connectivity index is 2.58. The molecule has 1 aliphatic rings. The Hall–Kier alpha value is 0.0600. The molecule has 0 amide bonds. The fourth-order valence-corrected chi connectivity index (χ4v) is 2.53. The molecule has 2 atom stereocenters. The average molecular weight is 234 g/mol. The number of alkyl halides is 3. The first-order chi connectivity index (χ1) is 5.93. The van der Waals surface area contributed by atoms with Crippen LogP contribution in [0.4, 0.5) is 8.78 Å². The summed E-state index contributed by atoms with van der Waals surface area (Å²) < 4.78 is 47.1. The molecule has 0 spiro atoms. The summed E-state index contributed by atoms with van der Waals surface area (Å²) in [6.07, 6.45) is 1.96. The molecule has 78 valence electrons. The maximum atomic E-state index is 11.9. The van der Waals surface area contributed by atoms with Crippen molar-refractivity contribution in [2.75, 3.05) is 0 Å². The molecule has 2 unspecified atom stereocenters. The van der Waals surface area contributed by atoms with Crippen LogP contribution in [0.3, 0.4) is 0 Å². The summed E-state index contributed by atoms with van der Waals surface area (Å²) in [7, 11) is -4.48. The lowest BCUT2D eigenvalue weighted by molar-refractivity contribution is 0.231. The van der Waals surface area contributed by atoms with Gasteiger partial charge in [-0.3, -0.25) is 0 Å². The van der Waals surface area contributed by atoms with Gasteiger partial charge in [0, 0.05) is 11.4 Å². The molecule has 0 radical (unpaired) electrons. The van der Waals surface area contributed by atoms with E-state index in [0.29, 0.717) is 12.8 Å². The normalized spacial score (nSPS) is 29.8. The van der Waals surface area contributed by atoms with Crippen molar-refractivity contribution in [1.29, 1.82) is 0 Å². The smallest absolute Gasteiger partial charge is 0.206 e. The van der Waals surface area contributed by atoms with Gasteiger partial charge in [-0.15, -0.1) is 11.6 Å². The summed E-state index contributed by atoms with van der Waals surface area (Å²) in [5, 5.41) is -0.367. The molecule has 0 aromatic rings. The predicted molar refractivity (Wildman–Crippen MR) is 45.3 cm³/mol. The van der Waals surface area contributed by atoms with Gasteiger partial charge in [0.1, 0.15) is 0 Å². The van der Waals surface area contributed by atoms with E-state index in [0.717, 1.165) is 6.42 Å². The summed E-state index contributed by atoms with van der Waals surface area (Å²) in [4.78, 5) is 0. The molecule has 1 N–H and O–H groups in total. The minimum absolute atomic E-state index is 0.367. The van der Waals surface area contributed by atoms with E-state index in [1.807, 2.05) is 4.72 Å². The van der Waals surface area contributed by atoms with E-state index in [4.69, 9.17) is 11.6 Å². The number of nitrogens with one attached hydrogen (secondary N) is 1. The van der Waals surface area contributed by atoms with Gasteiger partial charge in [-0.1, -0.05) is 6.42 Å². The Morgan fingerprint density at radius 3 is 2.38 bits per heavy atom. The van der Waals surface area contributed by atoms with E-state index in [9.17, 15) is 17.2 Å². The highest BCUT2D eigenvalue weighted by atomic mass is 35.5. The molecule has 7 heteroatoms. The van der Waals surface area contributed by atoms with Crippen molar-refractivity contribution in [3.63, 3.8) is 0 Å². The highest BCUT2D eigenvalue weighted by molar-refractivity contribution is 7.89. The number of halogens is 3. The molecular weight excluding hydrogens is 224 g/mol. The lowest BCUT2D eigenvalue weighted by atomic mass is 10.3. The van der Waals surface area contributed by atoms with Crippen LogP contribution in [0.25, 0.3) is 0 Å². The third-order valence-corrected chi connectivity index (χ3v) is 3.60. The van der Waals surface area contributed by atoms with Crippen LogP contribution in [-0.2, 0) is 10.0 Å². The molecule has 1 rings (SSSR count). The van der Waals surface area contributed by atoms with Crippen LogP contribution < -0.4 is 4.72 Å². The first kappa shape index (κ1) is 11.1. The molecular formula is C6H10ClF2NO2S. The van der Waals surface area contributed by atoms with Crippen LogP contribution in [0.1, 0.15) is 19.3 Å². The molecule has 0 heterocycles. The van der Waals surface area contributed by atoms with Gasteiger partial charge >= 0.3 is 5.76 Å². The summed E-state index contributed by atoms with van der Waals surface area (Å²) in [6.45, 7) is 0. The lowest BCUT2D eigenvalue weighted by Gasteiger charge is -2.14. The van der Waals surface area contributed by atoms with Gasteiger partial charge < -0.3 is 0 Å². The number of hydrogen-bond donors (Lipinski definition) is 1. The standard InChI is InChI=1S/C6H10ClF2NO2S/c7-4-2-1-3-5(4)10-13(11,12)6(8)9/h4-6,10H,1-3H2. The van der Waals surface area contributed by atoms with Crippen LogP contribution in [0.2, 0.25) is 0 Å². The maximum Gasteiger partial charge on any atom is 0.350 e. The van der Waals surface area contributed by atoms with Crippen LogP contribution in [0.5, 0.6) is 0 Å². The lowest BCUT2D eigenvalue weighted by Crippen LogP contribution is -2.40. The van der Waals surface area contributed by atoms with Crippen LogP contribution in [-0.4, -0.2) is 25.6 Å². The molecule has 13 heavy (non-hydrogen) atoms. The molecule has 1 fully saturated rings. The molecule has 3 nitrogen and oxygen atoms in total. The molecule has 0 aromatic heterocycles. The van der Waals surface area contributed by atoms with E-state index in [-0.39, 0.29) is 5.38 Å². The summed E-state index contributed by atoms with van der Waals surface area (Å²) in [5.74, 6) is -3.38. The van der Waals surface area contributed by atoms with Crippen molar-refractivity contribution < 1.29 is 17.2 Å².